The molecule has 1 aromatic carbocycles. The molecule has 33 heavy (non-hydrogen) atoms. The molecule has 176 valence electrons. The van der Waals surface area contributed by atoms with Crippen LogP contribution in [0.3, 0.4) is 0 Å². The maximum absolute atomic E-state index is 12.8. The maximum atomic E-state index is 12.8. The van der Waals surface area contributed by atoms with E-state index in [-0.39, 0.29) is 30.1 Å². The summed E-state index contributed by atoms with van der Waals surface area (Å²) in [6.45, 7) is 11.1. The molecule has 2 aromatic heterocycles. The van der Waals surface area contributed by atoms with E-state index in [1.807, 2.05) is 19.9 Å². The molecule has 1 N–H and O–H groups in total. The summed E-state index contributed by atoms with van der Waals surface area (Å²) in [4.78, 5) is 38.4. The van der Waals surface area contributed by atoms with Gasteiger partial charge in [0.15, 0.2) is 0 Å². The van der Waals surface area contributed by atoms with Crippen LogP contribution in [0, 0.1) is 19.8 Å². The normalized spacial score (nSPS) is 15.5. The van der Waals surface area contributed by atoms with E-state index in [0.717, 1.165) is 33.0 Å². The predicted octanol–water partition coefficient (Wildman–Crippen LogP) is 4.71. The van der Waals surface area contributed by atoms with Crippen molar-refractivity contribution in [2.75, 3.05) is 13.1 Å². The van der Waals surface area contributed by atoms with E-state index in [0.29, 0.717) is 37.1 Å². The van der Waals surface area contributed by atoms with Crippen LogP contribution in [-0.2, 0) is 21.4 Å². The van der Waals surface area contributed by atoms with Crippen molar-refractivity contribution in [1.82, 2.24) is 4.90 Å². The molecule has 4 rings (SSSR count). The number of likely N-dealkylation sites (tertiary alicyclic amines) is 1. The summed E-state index contributed by atoms with van der Waals surface area (Å²) >= 11 is 0. The van der Waals surface area contributed by atoms with Gasteiger partial charge in [-0.05, 0) is 50.2 Å². The van der Waals surface area contributed by atoms with Crippen LogP contribution in [0.2, 0.25) is 0 Å². The van der Waals surface area contributed by atoms with Gasteiger partial charge in [0, 0.05) is 47.0 Å². The lowest BCUT2D eigenvalue weighted by Gasteiger charge is -2.30. The SMILES string of the molecule is Cc1c(CCC(=O)N2CCC(C(=O)O)CC2)c(=O)oc2c(C)c3occ(C(C)(C)C)c3cc12. The molecule has 0 radical (unpaired) electrons. The molecule has 1 aliphatic rings. The van der Waals surface area contributed by atoms with Gasteiger partial charge >= 0.3 is 11.6 Å². The van der Waals surface area contributed by atoms with Crippen molar-refractivity contribution in [3.63, 3.8) is 0 Å². The third kappa shape index (κ3) is 4.16. The molecule has 1 saturated heterocycles. The van der Waals surface area contributed by atoms with E-state index in [1.54, 1.807) is 11.2 Å². The highest BCUT2D eigenvalue weighted by Gasteiger charge is 2.27. The standard InChI is InChI=1S/C26H31NO6/c1-14-17(6-7-21(28)27-10-8-16(9-11-27)24(29)30)25(31)33-23-15(2)22-19(12-18(14)23)20(13-32-22)26(3,4)5/h12-13,16H,6-11H2,1-5H3,(H,29,30). The first-order chi connectivity index (χ1) is 15.5. The molecule has 0 saturated carbocycles. The molecule has 1 fully saturated rings. The molecule has 0 atom stereocenters. The number of nitrogens with zero attached hydrogens (tertiary/aromatic N) is 1. The van der Waals surface area contributed by atoms with Crippen molar-refractivity contribution in [2.45, 2.75) is 65.7 Å². The van der Waals surface area contributed by atoms with Crippen molar-refractivity contribution < 1.29 is 23.5 Å². The molecular weight excluding hydrogens is 422 g/mol. The second kappa shape index (κ2) is 8.36. The van der Waals surface area contributed by atoms with Crippen molar-refractivity contribution >= 4 is 33.8 Å². The number of carboxylic acids is 1. The van der Waals surface area contributed by atoms with Gasteiger partial charge in [0.1, 0.15) is 11.2 Å². The van der Waals surface area contributed by atoms with Gasteiger partial charge in [-0.1, -0.05) is 20.8 Å². The molecule has 3 aromatic rings. The topological polar surface area (TPSA) is 101 Å². The Kier molecular flexibility index (Phi) is 5.85. The number of piperidine rings is 1. The summed E-state index contributed by atoms with van der Waals surface area (Å²) in [7, 11) is 0. The van der Waals surface area contributed by atoms with E-state index in [4.69, 9.17) is 13.9 Å². The molecule has 7 heteroatoms. The molecule has 0 aliphatic carbocycles. The molecule has 3 heterocycles. The number of furan rings is 1. The second-order valence-corrected chi connectivity index (χ2v) is 10.1. The first-order valence-corrected chi connectivity index (χ1v) is 11.5. The van der Waals surface area contributed by atoms with Crippen LogP contribution in [0.5, 0.6) is 0 Å². The fourth-order valence-electron chi connectivity index (χ4n) is 4.83. The predicted molar refractivity (Wildman–Crippen MR) is 126 cm³/mol. The highest BCUT2D eigenvalue weighted by molar-refractivity contribution is 6.00. The third-order valence-electron chi connectivity index (χ3n) is 6.94. The number of benzene rings is 1. The Labute approximate surface area is 192 Å². The zero-order valence-corrected chi connectivity index (χ0v) is 19.9. The number of hydrogen-bond donors (Lipinski definition) is 1. The zero-order valence-electron chi connectivity index (χ0n) is 19.9. The maximum Gasteiger partial charge on any atom is 0.339 e. The summed E-state index contributed by atoms with van der Waals surface area (Å²) < 4.78 is 11.6. The average Bonchev–Trinajstić information content (AvgIpc) is 3.19. The smallest absolute Gasteiger partial charge is 0.339 e. The van der Waals surface area contributed by atoms with Gasteiger partial charge in [0.2, 0.25) is 5.91 Å². The van der Waals surface area contributed by atoms with Crippen LogP contribution in [0.25, 0.3) is 21.9 Å². The zero-order chi connectivity index (χ0) is 24.1. The molecular formula is C26H31NO6. The number of fused-ring (bicyclic) bond motifs is 2. The van der Waals surface area contributed by atoms with Crippen LogP contribution >= 0.6 is 0 Å². The molecule has 1 amide bonds. The summed E-state index contributed by atoms with van der Waals surface area (Å²) in [5, 5.41) is 11.0. The Bertz CT molecular complexity index is 1300. The van der Waals surface area contributed by atoms with Crippen molar-refractivity contribution in [3.8, 4) is 0 Å². The average molecular weight is 454 g/mol. The van der Waals surface area contributed by atoms with Gasteiger partial charge in [0.05, 0.1) is 12.2 Å². The number of carbonyl (C=O) groups excluding carboxylic acids is 1. The first-order valence-electron chi connectivity index (χ1n) is 11.5. The highest BCUT2D eigenvalue weighted by Crippen LogP contribution is 2.37. The van der Waals surface area contributed by atoms with Gasteiger partial charge in [-0.3, -0.25) is 9.59 Å². The Morgan fingerprint density at radius 3 is 2.36 bits per heavy atom. The number of carboxylic acid groups (broad SMARTS) is 1. The van der Waals surface area contributed by atoms with Crippen LogP contribution in [-0.4, -0.2) is 35.0 Å². The Balaban J connectivity index is 1.63. The van der Waals surface area contributed by atoms with Crippen molar-refractivity contribution in [2.24, 2.45) is 5.92 Å². The minimum atomic E-state index is -0.803. The molecule has 0 spiro atoms. The fraction of sp³-hybridized carbons (Fsp3) is 0.500. The molecule has 0 unspecified atom stereocenters. The summed E-state index contributed by atoms with van der Waals surface area (Å²) in [5.41, 5.74) is 3.94. The number of hydrogen-bond acceptors (Lipinski definition) is 5. The summed E-state index contributed by atoms with van der Waals surface area (Å²) in [6, 6.07) is 2.03. The van der Waals surface area contributed by atoms with E-state index in [1.165, 1.54) is 0 Å². The lowest BCUT2D eigenvalue weighted by molar-refractivity contribution is -0.145. The minimum absolute atomic E-state index is 0.0609. The van der Waals surface area contributed by atoms with Crippen LogP contribution < -0.4 is 5.63 Å². The lowest BCUT2D eigenvalue weighted by atomic mass is 9.86. The Morgan fingerprint density at radius 2 is 1.76 bits per heavy atom. The van der Waals surface area contributed by atoms with Crippen LogP contribution in [0.15, 0.2) is 26.0 Å². The van der Waals surface area contributed by atoms with Gasteiger partial charge in [-0.25, -0.2) is 4.79 Å². The highest BCUT2D eigenvalue weighted by atomic mass is 16.4. The van der Waals surface area contributed by atoms with E-state index >= 15 is 0 Å². The van der Waals surface area contributed by atoms with Crippen LogP contribution in [0.4, 0.5) is 0 Å². The number of aliphatic carboxylic acids is 1. The van der Waals surface area contributed by atoms with Gasteiger partial charge in [-0.15, -0.1) is 0 Å². The van der Waals surface area contributed by atoms with Crippen molar-refractivity contribution in [3.05, 3.63) is 45.0 Å². The largest absolute Gasteiger partial charge is 0.481 e. The van der Waals surface area contributed by atoms with Crippen LogP contribution in [0.1, 0.15) is 62.3 Å². The van der Waals surface area contributed by atoms with E-state index < -0.39 is 11.6 Å². The Morgan fingerprint density at radius 1 is 1.09 bits per heavy atom. The monoisotopic (exact) mass is 453 g/mol. The number of aryl methyl sites for hydroxylation is 2. The summed E-state index contributed by atoms with van der Waals surface area (Å²) in [6.07, 6.45) is 3.19. The fourth-order valence-corrected chi connectivity index (χ4v) is 4.83. The number of carbonyl (C=O) groups is 2. The Hall–Kier alpha value is -3.09. The second-order valence-electron chi connectivity index (χ2n) is 10.1. The molecule has 0 bridgehead atoms. The molecule has 7 nitrogen and oxygen atoms in total. The molecule has 1 aliphatic heterocycles. The third-order valence-corrected chi connectivity index (χ3v) is 6.94. The number of amides is 1. The quantitative estimate of drug-likeness (QED) is 0.574. The number of rotatable bonds is 4. The lowest BCUT2D eigenvalue weighted by Crippen LogP contribution is -2.40. The van der Waals surface area contributed by atoms with Gasteiger partial charge in [0.25, 0.3) is 0 Å². The van der Waals surface area contributed by atoms with Gasteiger partial charge in [-0.2, -0.15) is 0 Å². The van der Waals surface area contributed by atoms with E-state index in [2.05, 4.69) is 20.8 Å². The van der Waals surface area contributed by atoms with Crippen molar-refractivity contribution in [1.29, 1.82) is 0 Å². The van der Waals surface area contributed by atoms with Gasteiger partial charge < -0.3 is 18.8 Å². The summed E-state index contributed by atoms with van der Waals surface area (Å²) in [5.74, 6) is -1.25. The van der Waals surface area contributed by atoms with E-state index in [9.17, 15) is 14.4 Å². The first kappa shape index (κ1) is 23.1. The minimum Gasteiger partial charge on any atom is -0.481 e.